The molecule has 0 unspecified atom stereocenters. The number of aromatic nitrogens is 2. The summed E-state index contributed by atoms with van der Waals surface area (Å²) >= 11 is 0. The molecule has 0 atom stereocenters. The first-order valence-corrected chi connectivity index (χ1v) is 7.85. The Morgan fingerprint density at radius 3 is 2.84 bits per heavy atom. The van der Waals surface area contributed by atoms with Gasteiger partial charge in [-0.25, -0.2) is 0 Å². The summed E-state index contributed by atoms with van der Waals surface area (Å²) in [7, 11) is 1.56. The fourth-order valence-electron chi connectivity index (χ4n) is 2.30. The number of methoxy groups -OCH3 is 1. The van der Waals surface area contributed by atoms with E-state index in [1.54, 1.807) is 36.4 Å². The SMILES string of the molecule is COc1ccccc1OCC(=O)NCCn1cc(-c2ccco2)cn1. The van der Waals surface area contributed by atoms with Crippen molar-refractivity contribution in [1.29, 1.82) is 0 Å². The molecule has 7 nitrogen and oxygen atoms in total. The largest absolute Gasteiger partial charge is 0.493 e. The number of nitrogens with one attached hydrogen (secondary N) is 1. The highest BCUT2D eigenvalue weighted by Crippen LogP contribution is 2.25. The predicted octanol–water partition coefficient (Wildman–Crippen LogP) is 2.35. The number of hydrogen-bond donors (Lipinski definition) is 1. The van der Waals surface area contributed by atoms with Gasteiger partial charge in [-0.15, -0.1) is 0 Å². The molecule has 130 valence electrons. The smallest absolute Gasteiger partial charge is 0.258 e. The number of para-hydroxylation sites is 2. The van der Waals surface area contributed by atoms with Crippen LogP contribution < -0.4 is 14.8 Å². The summed E-state index contributed by atoms with van der Waals surface area (Å²) in [6, 6.07) is 10.9. The summed E-state index contributed by atoms with van der Waals surface area (Å²) in [5.74, 6) is 1.69. The van der Waals surface area contributed by atoms with Crippen LogP contribution in [0.15, 0.2) is 59.5 Å². The Balaban J connectivity index is 1.42. The van der Waals surface area contributed by atoms with Crippen molar-refractivity contribution in [3.8, 4) is 22.8 Å². The maximum absolute atomic E-state index is 11.9. The Hall–Kier alpha value is -3.22. The van der Waals surface area contributed by atoms with Crippen molar-refractivity contribution in [2.45, 2.75) is 6.54 Å². The number of ether oxygens (including phenoxy) is 2. The number of hydrogen-bond acceptors (Lipinski definition) is 5. The van der Waals surface area contributed by atoms with Crippen LogP contribution in [0.4, 0.5) is 0 Å². The van der Waals surface area contributed by atoms with Crippen LogP contribution in [0, 0.1) is 0 Å². The number of carbonyl (C=O) groups excluding carboxylic acids is 1. The van der Waals surface area contributed by atoms with Gasteiger partial charge in [0, 0.05) is 12.7 Å². The number of rotatable bonds is 8. The zero-order valence-electron chi connectivity index (χ0n) is 13.8. The molecule has 1 aromatic carbocycles. The molecule has 2 aromatic heterocycles. The third-order valence-electron chi connectivity index (χ3n) is 3.53. The van der Waals surface area contributed by atoms with Gasteiger partial charge >= 0.3 is 0 Å². The van der Waals surface area contributed by atoms with E-state index in [2.05, 4.69) is 10.4 Å². The molecule has 0 spiro atoms. The summed E-state index contributed by atoms with van der Waals surface area (Å²) in [6.45, 7) is 0.936. The molecule has 0 saturated heterocycles. The van der Waals surface area contributed by atoms with E-state index in [1.807, 2.05) is 30.5 Å². The normalized spacial score (nSPS) is 10.4. The van der Waals surface area contributed by atoms with Crippen LogP contribution in [0.2, 0.25) is 0 Å². The van der Waals surface area contributed by atoms with E-state index in [-0.39, 0.29) is 12.5 Å². The first-order chi connectivity index (χ1) is 12.3. The minimum absolute atomic E-state index is 0.0723. The molecule has 0 bridgehead atoms. The Morgan fingerprint density at radius 2 is 2.08 bits per heavy atom. The van der Waals surface area contributed by atoms with E-state index in [9.17, 15) is 4.79 Å². The summed E-state index contributed by atoms with van der Waals surface area (Å²) in [5.41, 5.74) is 0.899. The quantitative estimate of drug-likeness (QED) is 0.680. The third-order valence-corrected chi connectivity index (χ3v) is 3.53. The van der Waals surface area contributed by atoms with E-state index < -0.39 is 0 Å². The highest BCUT2D eigenvalue weighted by atomic mass is 16.5. The summed E-state index contributed by atoms with van der Waals surface area (Å²) in [4.78, 5) is 11.9. The Bertz CT molecular complexity index is 811. The molecule has 3 rings (SSSR count). The van der Waals surface area contributed by atoms with Gasteiger partial charge in [0.05, 0.1) is 31.7 Å². The number of nitrogens with zero attached hydrogens (tertiary/aromatic N) is 2. The lowest BCUT2D eigenvalue weighted by Crippen LogP contribution is -2.31. The summed E-state index contributed by atoms with van der Waals surface area (Å²) in [6.07, 6.45) is 5.22. The fraction of sp³-hybridized carbons (Fsp3) is 0.222. The third kappa shape index (κ3) is 4.41. The van der Waals surface area contributed by atoms with Crippen molar-refractivity contribution in [3.63, 3.8) is 0 Å². The van der Waals surface area contributed by atoms with E-state index >= 15 is 0 Å². The molecule has 0 aliphatic carbocycles. The van der Waals surface area contributed by atoms with Crippen molar-refractivity contribution < 1.29 is 18.7 Å². The van der Waals surface area contributed by atoms with Gasteiger partial charge in [-0.1, -0.05) is 12.1 Å². The average molecular weight is 341 g/mol. The summed E-state index contributed by atoms with van der Waals surface area (Å²) in [5, 5.41) is 7.04. The van der Waals surface area contributed by atoms with Gasteiger partial charge in [0.1, 0.15) is 5.76 Å². The van der Waals surface area contributed by atoms with Crippen LogP contribution in [0.5, 0.6) is 11.5 Å². The predicted molar refractivity (Wildman–Crippen MR) is 91.4 cm³/mol. The van der Waals surface area contributed by atoms with Gasteiger partial charge in [-0.2, -0.15) is 5.10 Å². The van der Waals surface area contributed by atoms with Gasteiger partial charge in [-0.3, -0.25) is 9.48 Å². The lowest BCUT2D eigenvalue weighted by molar-refractivity contribution is -0.123. The monoisotopic (exact) mass is 341 g/mol. The van der Waals surface area contributed by atoms with Crippen LogP contribution in [0.1, 0.15) is 0 Å². The molecule has 3 aromatic rings. The second-order valence-corrected chi connectivity index (χ2v) is 5.26. The molecule has 7 heteroatoms. The van der Waals surface area contributed by atoms with Gasteiger partial charge in [0.25, 0.3) is 5.91 Å². The first-order valence-electron chi connectivity index (χ1n) is 7.85. The highest BCUT2D eigenvalue weighted by Gasteiger charge is 2.07. The van der Waals surface area contributed by atoms with Gasteiger partial charge in [0.2, 0.25) is 0 Å². The average Bonchev–Trinajstić information content (AvgIpc) is 3.31. The second-order valence-electron chi connectivity index (χ2n) is 5.26. The molecule has 1 amide bonds. The van der Waals surface area contributed by atoms with Crippen LogP contribution in [-0.2, 0) is 11.3 Å². The van der Waals surface area contributed by atoms with Crippen LogP contribution in [0.25, 0.3) is 11.3 Å². The molecule has 2 heterocycles. The lowest BCUT2D eigenvalue weighted by atomic mass is 10.3. The number of amides is 1. The number of benzene rings is 1. The second kappa shape index (κ2) is 8.05. The fourth-order valence-corrected chi connectivity index (χ4v) is 2.30. The minimum Gasteiger partial charge on any atom is -0.493 e. The van der Waals surface area contributed by atoms with Crippen molar-refractivity contribution in [2.24, 2.45) is 0 Å². The molecular formula is C18H19N3O4. The van der Waals surface area contributed by atoms with Crippen LogP contribution in [0.3, 0.4) is 0 Å². The highest BCUT2D eigenvalue weighted by molar-refractivity contribution is 5.77. The molecule has 0 fully saturated rings. The summed E-state index contributed by atoms with van der Waals surface area (Å²) < 4.78 is 17.7. The van der Waals surface area contributed by atoms with E-state index in [0.29, 0.717) is 24.6 Å². The van der Waals surface area contributed by atoms with E-state index in [1.165, 1.54) is 0 Å². The Morgan fingerprint density at radius 1 is 1.24 bits per heavy atom. The Kier molecular flexibility index (Phi) is 5.36. The van der Waals surface area contributed by atoms with Gasteiger partial charge in [-0.05, 0) is 24.3 Å². The maximum atomic E-state index is 11.9. The first kappa shape index (κ1) is 16.6. The molecule has 1 N–H and O–H groups in total. The standard InChI is InChI=1S/C18H19N3O4/c1-23-16-5-2-3-6-17(16)25-13-18(22)19-8-9-21-12-14(11-20-21)15-7-4-10-24-15/h2-7,10-12H,8-9,13H2,1H3,(H,19,22). The number of carbonyl (C=O) groups is 1. The molecule has 0 aliphatic rings. The molecule has 0 radical (unpaired) electrons. The topological polar surface area (TPSA) is 78.5 Å². The van der Waals surface area contributed by atoms with Crippen molar-refractivity contribution in [2.75, 3.05) is 20.3 Å². The van der Waals surface area contributed by atoms with Crippen molar-refractivity contribution in [1.82, 2.24) is 15.1 Å². The molecular weight excluding hydrogens is 322 g/mol. The maximum Gasteiger partial charge on any atom is 0.258 e. The zero-order valence-corrected chi connectivity index (χ0v) is 13.8. The Labute approximate surface area is 145 Å². The van der Waals surface area contributed by atoms with Crippen molar-refractivity contribution in [3.05, 3.63) is 55.1 Å². The zero-order chi connectivity index (χ0) is 17.5. The van der Waals surface area contributed by atoms with Crippen LogP contribution in [-0.4, -0.2) is 35.9 Å². The molecule has 0 saturated carbocycles. The minimum atomic E-state index is -0.204. The molecule has 0 aliphatic heterocycles. The van der Waals surface area contributed by atoms with Crippen LogP contribution >= 0.6 is 0 Å². The van der Waals surface area contributed by atoms with E-state index in [4.69, 9.17) is 13.9 Å². The molecule has 25 heavy (non-hydrogen) atoms. The van der Waals surface area contributed by atoms with Gasteiger partial charge in [0.15, 0.2) is 18.1 Å². The van der Waals surface area contributed by atoms with E-state index in [0.717, 1.165) is 11.3 Å². The lowest BCUT2D eigenvalue weighted by Gasteiger charge is -2.10. The number of furan rings is 1. The van der Waals surface area contributed by atoms with Crippen molar-refractivity contribution >= 4 is 5.91 Å². The van der Waals surface area contributed by atoms with Gasteiger partial charge < -0.3 is 19.2 Å².